The Bertz CT molecular complexity index is 742. The number of carbonyl (C=O) groups is 1. The average molecular weight is 353 g/mol. The Morgan fingerprint density at radius 2 is 2.12 bits per heavy atom. The zero-order valence-electron chi connectivity index (χ0n) is 13.8. The maximum Gasteiger partial charge on any atom is 0.251 e. The van der Waals surface area contributed by atoms with Crippen molar-refractivity contribution in [2.75, 3.05) is 6.54 Å². The third kappa shape index (κ3) is 3.94. The van der Waals surface area contributed by atoms with Gasteiger partial charge in [-0.15, -0.1) is 12.4 Å². The van der Waals surface area contributed by atoms with Gasteiger partial charge in [0.25, 0.3) is 5.91 Å². The molecule has 1 fully saturated rings. The summed E-state index contributed by atoms with van der Waals surface area (Å²) in [5.74, 6) is -0.268. The molecule has 1 saturated carbocycles. The standard InChI is InChI=1S/C17H21FN4O.ClH/c1-10-7-11(2)22(21-10)16-6-5-13(8-14(16)18)17(23)20-9-15(19)12-3-4-12;/h5-8,12,15H,3-4,9,19H2,1-2H3,(H,20,23);1H. The highest BCUT2D eigenvalue weighted by molar-refractivity contribution is 5.94. The summed E-state index contributed by atoms with van der Waals surface area (Å²) in [6.07, 6.45) is 2.26. The first kappa shape index (κ1) is 18.4. The summed E-state index contributed by atoms with van der Waals surface area (Å²) < 4.78 is 15.9. The quantitative estimate of drug-likeness (QED) is 0.868. The summed E-state index contributed by atoms with van der Waals surface area (Å²) in [4.78, 5) is 12.1. The van der Waals surface area contributed by atoms with E-state index < -0.39 is 5.82 Å². The van der Waals surface area contributed by atoms with Gasteiger partial charge in [0.1, 0.15) is 11.5 Å². The van der Waals surface area contributed by atoms with E-state index in [4.69, 9.17) is 5.73 Å². The Kier molecular flexibility index (Phi) is 5.62. The highest BCUT2D eigenvalue weighted by atomic mass is 35.5. The van der Waals surface area contributed by atoms with Gasteiger partial charge in [-0.25, -0.2) is 9.07 Å². The predicted octanol–water partition coefficient (Wildman–Crippen LogP) is 2.52. The van der Waals surface area contributed by atoms with Gasteiger partial charge in [0.15, 0.2) is 0 Å². The van der Waals surface area contributed by atoms with Gasteiger partial charge in [0, 0.05) is 23.8 Å². The lowest BCUT2D eigenvalue weighted by Gasteiger charge is -2.12. The van der Waals surface area contributed by atoms with E-state index in [1.165, 1.54) is 10.7 Å². The molecule has 130 valence electrons. The lowest BCUT2D eigenvalue weighted by molar-refractivity contribution is 0.0950. The number of nitrogens with zero attached hydrogens (tertiary/aromatic N) is 2. The topological polar surface area (TPSA) is 72.9 Å². The van der Waals surface area contributed by atoms with Crippen LogP contribution in [0.1, 0.15) is 34.6 Å². The van der Waals surface area contributed by atoms with Crippen molar-refractivity contribution in [2.45, 2.75) is 32.7 Å². The third-order valence-electron chi connectivity index (χ3n) is 4.17. The largest absolute Gasteiger partial charge is 0.350 e. The normalized spacial score (nSPS) is 14.8. The van der Waals surface area contributed by atoms with Gasteiger partial charge in [0.05, 0.1) is 5.69 Å². The van der Waals surface area contributed by atoms with E-state index in [-0.39, 0.29) is 29.9 Å². The van der Waals surface area contributed by atoms with Crippen molar-refractivity contribution in [1.29, 1.82) is 0 Å². The van der Waals surface area contributed by atoms with E-state index in [2.05, 4.69) is 10.4 Å². The minimum atomic E-state index is -0.477. The van der Waals surface area contributed by atoms with Crippen LogP contribution in [0.25, 0.3) is 5.69 Å². The van der Waals surface area contributed by atoms with Crippen LogP contribution in [0.2, 0.25) is 0 Å². The molecule has 0 saturated heterocycles. The molecule has 0 radical (unpaired) electrons. The highest BCUT2D eigenvalue weighted by Gasteiger charge is 2.28. The van der Waals surface area contributed by atoms with Crippen LogP contribution in [-0.4, -0.2) is 28.3 Å². The number of hydrogen-bond donors (Lipinski definition) is 2. The zero-order chi connectivity index (χ0) is 16.6. The van der Waals surface area contributed by atoms with E-state index in [9.17, 15) is 9.18 Å². The molecule has 5 nitrogen and oxygen atoms in total. The summed E-state index contributed by atoms with van der Waals surface area (Å²) in [6, 6.07) is 6.28. The predicted molar refractivity (Wildman–Crippen MR) is 93.3 cm³/mol. The van der Waals surface area contributed by atoms with Crippen LogP contribution >= 0.6 is 12.4 Å². The third-order valence-corrected chi connectivity index (χ3v) is 4.17. The van der Waals surface area contributed by atoms with Crippen LogP contribution in [0.15, 0.2) is 24.3 Å². The number of rotatable bonds is 5. The summed E-state index contributed by atoms with van der Waals surface area (Å²) >= 11 is 0. The molecule has 0 spiro atoms. The summed E-state index contributed by atoms with van der Waals surface area (Å²) in [5, 5.41) is 7.03. The molecule has 1 aromatic carbocycles. The molecule has 1 heterocycles. The molecule has 1 atom stereocenters. The van der Waals surface area contributed by atoms with Crippen molar-refractivity contribution in [1.82, 2.24) is 15.1 Å². The molecule has 1 aliphatic carbocycles. The van der Waals surface area contributed by atoms with Crippen LogP contribution in [-0.2, 0) is 0 Å². The number of benzene rings is 1. The molecular weight excluding hydrogens is 331 g/mol. The van der Waals surface area contributed by atoms with Gasteiger partial charge in [-0.05, 0) is 56.9 Å². The fourth-order valence-electron chi connectivity index (χ4n) is 2.70. The number of amides is 1. The lowest BCUT2D eigenvalue weighted by Crippen LogP contribution is -2.38. The Hall–Kier alpha value is -1.92. The van der Waals surface area contributed by atoms with E-state index in [0.717, 1.165) is 24.2 Å². The Morgan fingerprint density at radius 1 is 1.42 bits per heavy atom. The molecule has 1 aliphatic rings. The van der Waals surface area contributed by atoms with Gasteiger partial charge >= 0.3 is 0 Å². The van der Waals surface area contributed by atoms with Crippen molar-refractivity contribution < 1.29 is 9.18 Å². The van der Waals surface area contributed by atoms with Crippen LogP contribution in [0.3, 0.4) is 0 Å². The van der Waals surface area contributed by atoms with Gasteiger partial charge in [-0.3, -0.25) is 4.79 Å². The van der Waals surface area contributed by atoms with Gasteiger partial charge < -0.3 is 11.1 Å². The second-order valence-corrected chi connectivity index (χ2v) is 6.22. The number of hydrogen-bond acceptors (Lipinski definition) is 3. The SMILES string of the molecule is Cc1cc(C)n(-c2ccc(C(=O)NCC(N)C3CC3)cc2F)n1.Cl. The molecule has 0 bridgehead atoms. The lowest BCUT2D eigenvalue weighted by atomic mass is 10.1. The van der Waals surface area contributed by atoms with E-state index in [1.54, 1.807) is 12.1 Å². The van der Waals surface area contributed by atoms with E-state index in [1.807, 2.05) is 19.9 Å². The van der Waals surface area contributed by atoms with Crippen molar-refractivity contribution in [2.24, 2.45) is 11.7 Å². The average Bonchev–Trinajstić information content (AvgIpc) is 3.30. The van der Waals surface area contributed by atoms with Crippen LogP contribution in [0.4, 0.5) is 4.39 Å². The van der Waals surface area contributed by atoms with Gasteiger partial charge in [0.2, 0.25) is 0 Å². The van der Waals surface area contributed by atoms with Crippen LogP contribution in [0, 0.1) is 25.6 Å². The van der Waals surface area contributed by atoms with Crippen molar-refractivity contribution in [3.8, 4) is 5.69 Å². The molecule has 0 aliphatic heterocycles. The smallest absolute Gasteiger partial charge is 0.251 e. The molecule has 1 amide bonds. The van der Waals surface area contributed by atoms with Crippen molar-refractivity contribution in [3.05, 3.63) is 47.0 Å². The van der Waals surface area contributed by atoms with Crippen LogP contribution < -0.4 is 11.1 Å². The molecule has 7 heteroatoms. The number of aromatic nitrogens is 2. The first-order valence-electron chi connectivity index (χ1n) is 7.82. The minimum absolute atomic E-state index is 0. The maximum atomic E-state index is 14.4. The first-order valence-corrected chi connectivity index (χ1v) is 7.82. The monoisotopic (exact) mass is 352 g/mol. The molecular formula is C17H22ClFN4O. The molecule has 1 aromatic heterocycles. The molecule has 3 N–H and O–H groups in total. The van der Waals surface area contributed by atoms with E-state index in [0.29, 0.717) is 18.2 Å². The number of halogens is 2. The summed E-state index contributed by atoms with van der Waals surface area (Å²) in [7, 11) is 0. The summed E-state index contributed by atoms with van der Waals surface area (Å²) in [5.41, 5.74) is 8.24. The second kappa shape index (κ2) is 7.32. The molecule has 24 heavy (non-hydrogen) atoms. The number of nitrogens with two attached hydrogens (primary N) is 1. The maximum absolute atomic E-state index is 14.4. The Balaban J connectivity index is 0.00000208. The summed E-state index contributed by atoms with van der Waals surface area (Å²) in [6.45, 7) is 4.13. The molecule has 2 aromatic rings. The Morgan fingerprint density at radius 3 is 2.67 bits per heavy atom. The second-order valence-electron chi connectivity index (χ2n) is 6.22. The first-order chi connectivity index (χ1) is 11.0. The number of nitrogens with one attached hydrogen (secondary N) is 1. The minimum Gasteiger partial charge on any atom is -0.350 e. The number of carbonyl (C=O) groups excluding carboxylic acids is 1. The Labute approximate surface area is 146 Å². The molecule has 3 rings (SSSR count). The van der Waals surface area contributed by atoms with Gasteiger partial charge in [-0.1, -0.05) is 0 Å². The van der Waals surface area contributed by atoms with Crippen molar-refractivity contribution in [3.63, 3.8) is 0 Å². The highest BCUT2D eigenvalue weighted by Crippen LogP contribution is 2.31. The fraction of sp³-hybridized carbons (Fsp3) is 0.412. The van der Waals surface area contributed by atoms with Crippen LogP contribution in [0.5, 0.6) is 0 Å². The number of aryl methyl sites for hydroxylation is 2. The van der Waals surface area contributed by atoms with Crippen molar-refractivity contribution >= 4 is 18.3 Å². The van der Waals surface area contributed by atoms with E-state index >= 15 is 0 Å². The van der Waals surface area contributed by atoms with Gasteiger partial charge in [-0.2, -0.15) is 5.10 Å². The zero-order valence-corrected chi connectivity index (χ0v) is 14.6. The molecule has 1 unspecified atom stereocenters. The fourth-order valence-corrected chi connectivity index (χ4v) is 2.70.